The number of aromatic nitrogens is 2. The third-order valence-electron chi connectivity index (χ3n) is 3.97. The fourth-order valence-corrected chi connectivity index (χ4v) is 3.59. The summed E-state index contributed by atoms with van der Waals surface area (Å²) in [6, 6.07) is 13.6. The van der Waals surface area contributed by atoms with Gasteiger partial charge in [-0.05, 0) is 31.2 Å². The van der Waals surface area contributed by atoms with E-state index in [1.54, 1.807) is 12.1 Å². The second-order valence-corrected chi connectivity index (χ2v) is 7.12. The number of esters is 1. The van der Waals surface area contributed by atoms with E-state index in [1.165, 1.54) is 23.5 Å². The van der Waals surface area contributed by atoms with Gasteiger partial charge in [0.15, 0.2) is 6.61 Å². The van der Waals surface area contributed by atoms with Crippen molar-refractivity contribution >= 4 is 33.1 Å². The first kappa shape index (κ1) is 17.8. The smallest absolute Gasteiger partial charge is 0.348 e. The minimum Gasteiger partial charge on any atom is -0.451 e. The van der Waals surface area contributed by atoms with E-state index in [0.717, 1.165) is 15.8 Å². The molecule has 0 aliphatic carbocycles. The molecule has 0 atom stereocenters. The highest BCUT2D eigenvalue weighted by Crippen LogP contribution is 2.29. The summed E-state index contributed by atoms with van der Waals surface area (Å²) in [5.74, 6) is -0.0234. The van der Waals surface area contributed by atoms with Gasteiger partial charge in [-0.1, -0.05) is 17.7 Å². The van der Waals surface area contributed by atoms with Crippen LogP contribution in [0, 0.1) is 17.0 Å². The van der Waals surface area contributed by atoms with Crippen molar-refractivity contribution in [2.24, 2.45) is 0 Å². The molecule has 4 aromatic rings. The molecule has 0 radical (unpaired) electrons. The van der Waals surface area contributed by atoms with Crippen molar-refractivity contribution in [3.63, 3.8) is 0 Å². The number of carbonyl (C=O) groups is 1. The van der Waals surface area contributed by atoms with Crippen LogP contribution in [0.3, 0.4) is 0 Å². The number of aryl methyl sites for hydroxylation is 1. The highest BCUT2D eigenvalue weighted by Gasteiger charge is 2.16. The zero-order chi connectivity index (χ0) is 19.7. The van der Waals surface area contributed by atoms with Crippen LogP contribution >= 0.6 is 11.3 Å². The Morgan fingerprint density at radius 1 is 1.21 bits per heavy atom. The molecule has 0 amide bonds. The van der Waals surface area contributed by atoms with Crippen molar-refractivity contribution < 1.29 is 18.9 Å². The normalized spacial score (nSPS) is 10.9. The van der Waals surface area contributed by atoms with E-state index >= 15 is 0 Å². The number of nitro benzene ring substituents is 1. The van der Waals surface area contributed by atoms with E-state index in [1.807, 2.05) is 31.2 Å². The van der Waals surface area contributed by atoms with Crippen molar-refractivity contribution in [1.82, 2.24) is 10.2 Å². The third kappa shape index (κ3) is 3.60. The van der Waals surface area contributed by atoms with Crippen LogP contribution in [0.5, 0.6) is 0 Å². The molecule has 0 fully saturated rings. The zero-order valence-electron chi connectivity index (χ0n) is 14.6. The van der Waals surface area contributed by atoms with E-state index in [-0.39, 0.29) is 18.2 Å². The van der Waals surface area contributed by atoms with Gasteiger partial charge in [-0.25, -0.2) is 4.79 Å². The zero-order valence-corrected chi connectivity index (χ0v) is 15.4. The summed E-state index contributed by atoms with van der Waals surface area (Å²) in [7, 11) is 0. The average molecular weight is 395 g/mol. The Morgan fingerprint density at radius 2 is 2.07 bits per heavy atom. The van der Waals surface area contributed by atoms with E-state index < -0.39 is 10.9 Å². The molecule has 2 aromatic heterocycles. The van der Waals surface area contributed by atoms with Gasteiger partial charge in [0.25, 0.3) is 11.6 Å². The molecule has 0 aliphatic heterocycles. The molecule has 28 heavy (non-hydrogen) atoms. The molecule has 0 unspecified atom stereocenters. The van der Waals surface area contributed by atoms with Crippen LogP contribution in [-0.2, 0) is 11.3 Å². The van der Waals surface area contributed by atoms with Gasteiger partial charge < -0.3 is 9.15 Å². The largest absolute Gasteiger partial charge is 0.451 e. The first-order chi connectivity index (χ1) is 13.5. The average Bonchev–Trinajstić information content (AvgIpc) is 3.32. The van der Waals surface area contributed by atoms with Gasteiger partial charge in [0, 0.05) is 27.8 Å². The number of ether oxygens (including phenoxy) is 1. The lowest BCUT2D eigenvalue weighted by atomic mass is 10.1. The molecule has 0 spiro atoms. The van der Waals surface area contributed by atoms with Crippen LogP contribution in [-0.4, -0.2) is 21.1 Å². The molecule has 140 valence electrons. The summed E-state index contributed by atoms with van der Waals surface area (Å²) in [5.41, 5.74) is 1.82. The molecule has 0 saturated carbocycles. The highest BCUT2D eigenvalue weighted by molar-refractivity contribution is 7.20. The monoisotopic (exact) mass is 395 g/mol. The van der Waals surface area contributed by atoms with Gasteiger partial charge in [-0.3, -0.25) is 10.1 Å². The van der Waals surface area contributed by atoms with Crippen molar-refractivity contribution in [3.05, 3.63) is 75.0 Å². The quantitative estimate of drug-likeness (QED) is 0.277. The maximum absolute atomic E-state index is 12.3. The Labute approximate surface area is 162 Å². The fourth-order valence-electron chi connectivity index (χ4n) is 2.65. The SMILES string of the molecule is Cc1cccc(-c2nnc(COC(=O)c3cc4cc([N+](=O)[O-])ccc4s3)o2)c1. The van der Waals surface area contributed by atoms with Gasteiger partial charge in [-0.2, -0.15) is 0 Å². The number of thiophene rings is 1. The predicted molar refractivity (Wildman–Crippen MR) is 102 cm³/mol. The minimum absolute atomic E-state index is 0.0280. The lowest BCUT2D eigenvalue weighted by Gasteiger charge is -1.99. The Morgan fingerprint density at radius 3 is 2.86 bits per heavy atom. The standard InChI is InChI=1S/C19H13N3O5S/c1-11-3-2-4-12(7-11)18-21-20-17(27-18)10-26-19(23)16-9-13-8-14(22(24)25)5-6-15(13)28-16/h2-9H,10H2,1H3. The number of non-ortho nitro benzene ring substituents is 1. The number of fused-ring (bicyclic) bond motifs is 1. The van der Waals surface area contributed by atoms with Crippen molar-refractivity contribution in [2.45, 2.75) is 13.5 Å². The summed E-state index contributed by atoms with van der Waals surface area (Å²) in [6.45, 7) is 1.80. The van der Waals surface area contributed by atoms with Gasteiger partial charge in [0.2, 0.25) is 5.89 Å². The van der Waals surface area contributed by atoms with E-state index in [2.05, 4.69) is 10.2 Å². The topological polar surface area (TPSA) is 108 Å². The van der Waals surface area contributed by atoms with Crippen LogP contribution in [0.25, 0.3) is 21.5 Å². The Bertz CT molecular complexity index is 1200. The van der Waals surface area contributed by atoms with Crippen LogP contribution in [0.4, 0.5) is 5.69 Å². The number of hydrogen-bond acceptors (Lipinski definition) is 8. The minimum atomic E-state index is -0.556. The molecule has 0 N–H and O–H groups in total. The van der Waals surface area contributed by atoms with Crippen LogP contribution < -0.4 is 0 Å². The maximum atomic E-state index is 12.3. The summed E-state index contributed by atoms with van der Waals surface area (Å²) >= 11 is 1.20. The van der Waals surface area contributed by atoms with E-state index in [0.29, 0.717) is 16.2 Å². The lowest BCUT2D eigenvalue weighted by molar-refractivity contribution is -0.384. The number of rotatable bonds is 5. The predicted octanol–water partition coefficient (Wildman–Crippen LogP) is 4.52. The van der Waals surface area contributed by atoms with Crippen molar-refractivity contribution in [1.29, 1.82) is 0 Å². The van der Waals surface area contributed by atoms with Gasteiger partial charge in [0.05, 0.1) is 4.92 Å². The van der Waals surface area contributed by atoms with Gasteiger partial charge in [0.1, 0.15) is 4.88 Å². The molecule has 0 saturated heterocycles. The second-order valence-electron chi connectivity index (χ2n) is 6.04. The van der Waals surface area contributed by atoms with Crippen molar-refractivity contribution in [3.8, 4) is 11.5 Å². The summed E-state index contributed by atoms with van der Waals surface area (Å²) in [4.78, 5) is 23.0. The molecule has 2 heterocycles. The number of benzene rings is 2. The van der Waals surface area contributed by atoms with Crippen LogP contribution in [0.2, 0.25) is 0 Å². The molecule has 4 rings (SSSR count). The Kier molecular flexibility index (Phi) is 4.58. The lowest BCUT2D eigenvalue weighted by Crippen LogP contribution is -2.03. The molecule has 2 aromatic carbocycles. The number of carbonyl (C=O) groups excluding carboxylic acids is 1. The number of nitro groups is 1. The molecular formula is C19H13N3O5S. The summed E-state index contributed by atoms with van der Waals surface area (Å²) in [6.07, 6.45) is 0. The second kappa shape index (κ2) is 7.20. The molecule has 8 nitrogen and oxygen atoms in total. The third-order valence-corrected chi connectivity index (χ3v) is 5.07. The molecule has 0 aliphatic rings. The van der Waals surface area contributed by atoms with Crippen molar-refractivity contribution in [2.75, 3.05) is 0 Å². The highest BCUT2D eigenvalue weighted by atomic mass is 32.1. The summed E-state index contributed by atoms with van der Waals surface area (Å²) in [5, 5.41) is 19.3. The van der Waals surface area contributed by atoms with Crippen LogP contribution in [0.15, 0.2) is 52.9 Å². The Hall–Kier alpha value is -3.59. The molecule has 9 heteroatoms. The van der Waals surface area contributed by atoms with Gasteiger partial charge in [-0.15, -0.1) is 21.5 Å². The van der Waals surface area contributed by atoms with E-state index in [9.17, 15) is 14.9 Å². The number of hydrogen-bond donors (Lipinski definition) is 0. The molecule has 0 bridgehead atoms. The molecular weight excluding hydrogens is 382 g/mol. The fraction of sp³-hybridized carbons (Fsp3) is 0.105. The van der Waals surface area contributed by atoms with E-state index in [4.69, 9.17) is 9.15 Å². The maximum Gasteiger partial charge on any atom is 0.348 e. The Balaban J connectivity index is 1.46. The number of nitrogens with zero attached hydrogens (tertiary/aromatic N) is 3. The van der Waals surface area contributed by atoms with Gasteiger partial charge >= 0.3 is 5.97 Å². The first-order valence-electron chi connectivity index (χ1n) is 8.24. The first-order valence-corrected chi connectivity index (χ1v) is 9.06. The van der Waals surface area contributed by atoms with Crippen LogP contribution in [0.1, 0.15) is 21.1 Å². The summed E-state index contributed by atoms with van der Waals surface area (Å²) < 4.78 is 11.5.